The summed E-state index contributed by atoms with van der Waals surface area (Å²) >= 11 is 0. The topological polar surface area (TPSA) is 70.2 Å². The van der Waals surface area contributed by atoms with Crippen molar-refractivity contribution in [2.75, 3.05) is 25.0 Å². The van der Waals surface area contributed by atoms with Gasteiger partial charge in [0.1, 0.15) is 11.6 Å². The van der Waals surface area contributed by atoms with E-state index in [0.717, 1.165) is 44.6 Å². The van der Waals surface area contributed by atoms with Crippen molar-refractivity contribution in [3.05, 3.63) is 17.1 Å². The molecule has 1 aromatic rings. The molecule has 2 fully saturated rings. The van der Waals surface area contributed by atoms with Gasteiger partial charge in [-0.3, -0.25) is 0 Å². The van der Waals surface area contributed by atoms with Gasteiger partial charge in [0.2, 0.25) is 0 Å². The fourth-order valence-corrected chi connectivity index (χ4v) is 3.71. The van der Waals surface area contributed by atoms with E-state index in [1.165, 1.54) is 36.3 Å². The number of piperidine rings is 1. The predicted octanol–water partition coefficient (Wildman–Crippen LogP) is 1.74. The standard InChI is InChI=1S/C17H25N5O/c1-18-17(23)19-12-7-9-22(10-8-12)16-13-3-2-4-14(13)20-15(21-16)11-5-6-11/h11-12H,2-10H2,1H3,(H2,18,19,23). The number of aryl methyl sites for hydroxylation is 1. The molecular formula is C17H25N5O. The molecule has 1 aliphatic heterocycles. The molecule has 2 amide bonds. The zero-order valence-corrected chi connectivity index (χ0v) is 13.8. The van der Waals surface area contributed by atoms with Gasteiger partial charge in [-0.05, 0) is 44.9 Å². The number of anilines is 1. The maximum absolute atomic E-state index is 11.5. The lowest BCUT2D eigenvalue weighted by molar-refractivity contribution is 0.236. The lowest BCUT2D eigenvalue weighted by atomic mass is 10.0. The summed E-state index contributed by atoms with van der Waals surface area (Å²) in [7, 11) is 1.66. The highest BCUT2D eigenvalue weighted by molar-refractivity contribution is 5.73. The lowest BCUT2D eigenvalue weighted by Crippen LogP contribution is -2.47. The first-order valence-electron chi connectivity index (χ1n) is 8.87. The molecule has 0 unspecified atom stereocenters. The van der Waals surface area contributed by atoms with E-state index in [9.17, 15) is 4.79 Å². The smallest absolute Gasteiger partial charge is 0.314 e. The second-order valence-corrected chi connectivity index (χ2v) is 6.94. The minimum Gasteiger partial charge on any atom is -0.356 e. The molecule has 0 atom stereocenters. The van der Waals surface area contributed by atoms with E-state index >= 15 is 0 Å². The third-order valence-electron chi connectivity index (χ3n) is 5.23. The zero-order valence-electron chi connectivity index (χ0n) is 13.8. The minimum absolute atomic E-state index is 0.0811. The molecule has 1 saturated heterocycles. The zero-order chi connectivity index (χ0) is 15.8. The van der Waals surface area contributed by atoms with Gasteiger partial charge < -0.3 is 15.5 Å². The van der Waals surface area contributed by atoms with E-state index < -0.39 is 0 Å². The van der Waals surface area contributed by atoms with Crippen LogP contribution >= 0.6 is 0 Å². The minimum atomic E-state index is -0.0811. The largest absolute Gasteiger partial charge is 0.356 e. The van der Waals surface area contributed by atoms with Crippen LogP contribution in [0.4, 0.5) is 10.6 Å². The van der Waals surface area contributed by atoms with Crippen LogP contribution in [0.25, 0.3) is 0 Å². The fraction of sp³-hybridized carbons (Fsp3) is 0.706. The lowest BCUT2D eigenvalue weighted by Gasteiger charge is -2.34. The van der Waals surface area contributed by atoms with Crippen molar-refractivity contribution in [1.29, 1.82) is 0 Å². The Balaban J connectivity index is 1.49. The molecule has 1 aromatic heterocycles. The summed E-state index contributed by atoms with van der Waals surface area (Å²) in [6.07, 6.45) is 7.88. The number of nitrogens with one attached hydrogen (secondary N) is 2. The Morgan fingerprint density at radius 1 is 1.13 bits per heavy atom. The van der Waals surface area contributed by atoms with E-state index in [4.69, 9.17) is 9.97 Å². The molecule has 0 bridgehead atoms. The highest BCUT2D eigenvalue weighted by Crippen LogP contribution is 2.40. The van der Waals surface area contributed by atoms with Crippen LogP contribution in [0.5, 0.6) is 0 Å². The molecule has 23 heavy (non-hydrogen) atoms. The van der Waals surface area contributed by atoms with Gasteiger partial charge >= 0.3 is 6.03 Å². The molecule has 0 aromatic carbocycles. The van der Waals surface area contributed by atoms with E-state index in [0.29, 0.717) is 5.92 Å². The highest BCUT2D eigenvalue weighted by atomic mass is 16.2. The highest BCUT2D eigenvalue weighted by Gasteiger charge is 2.32. The number of amides is 2. The molecule has 1 saturated carbocycles. The van der Waals surface area contributed by atoms with Crippen molar-refractivity contribution in [3.8, 4) is 0 Å². The third kappa shape index (κ3) is 2.99. The first-order valence-corrected chi connectivity index (χ1v) is 8.87. The number of hydrogen-bond acceptors (Lipinski definition) is 4. The van der Waals surface area contributed by atoms with Crippen molar-refractivity contribution in [2.45, 2.75) is 56.9 Å². The van der Waals surface area contributed by atoms with Gasteiger partial charge in [0.25, 0.3) is 0 Å². The fourth-order valence-electron chi connectivity index (χ4n) is 3.71. The first-order chi connectivity index (χ1) is 11.2. The molecule has 0 radical (unpaired) electrons. The number of fused-ring (bicyclic) bond motifs is 1. The molecule has 4 rings (SSSR count). The van der Waals surface area contributed by atoms with Gasteiger partial charge in [-0.1, -0.05) is 0 Å². The molecule has 124 valence electrons. The number of carbonyl (C=O) groups excluding carboxylic acids is 1. The summed E-state index contributed by atoms with van der Waals surface area (Å²) < 4.78 is 0. The molecule has 2 aliphatic carbocycles. The quantitative estimate of drug-likeness (QED) is 0.891. The summed E-state index contributed by atoms with van der Waals surface area (Å²) in [5.74, 6) is 2.87. The third-order valence-corrected chi connectivity index (χ3v) is 5.23. The van der Waals surface area contributed by atoms with Crippen molar-refractivity contribution in [2.24, 2.45) is 0 Å². The maximum Gasteiger partial charge on any atom is 0.314 e. The van der Waals surface area contributed by atoms with Crippen LogP contribution in [0.3, 0.4) is 0 Å². The molecule has 2 N–H and O–H groups in total. The molecule has 3 aliphatic rings. The Bertz CT molecular complexity index is 605. The number of carbonyl (C=O) groups is 1. The molecular weight excluding hydrogens is 290 g/mol. The summed E-state index contributed by atoms with van der Waals surface area (Å²) in [4.78, 5) is 23.7. The van der Waals surface area contributed by atoms with Crippen LogP contribution in [0.1, 0.15) is 55.1 Å². The summed E-state index contributed by atoms with van der Waals surface area (Å²) in [6, 6.07) is 0.186. The average molecular weight is 315 g/mol. The van der Waals surface area contributed by atoms with Crippen LogP contribution in [0, 0.1) is 0 Å². The Morgan fingerprint density at radius 2 is 1.91 bits per heavy atom. The van der Waals surface area contributed by atoms with E-state index in [1.54, 1.807) is 7.05 Å². The van der Waals surface area contributed by atoms with Gasteiger partial charge in [0.05, 0.1) is 0 Å². The Morgan fingerprint density at radius 3 is 2.61 bits per heavy atom. The second kappa shape index (κ2) is 5.98. The number of hydrogen-bond donors (Lipinski definition) is 2. The van der Waals surface area contributed by atoms with Gasteiger partial charge in [-0.2, -0.15) is 0 Å². The molecule has 6 nitrogen and oxygen atoms in total. The van der Waals surface area contributed by atoms with Crippen LogP contribution in [0.15, 0.2) is 0 Å². The summed E-state index contributed by atoms with van der Waals surface area (Å²) in [5, 5.41) is 5.65. The second-order valence-electron chi connectivity index (χ2n) is 6.94. The van der Waals surface area contributed by atoms with Crippen molar-refractivity contribution in [1.82, 2.24) is 20.6 Å². The summed E-state index contributed by atoms with van der Waals surface area (Å²) in [6.45, 7) is 1.92. The van der Waals surface area contributed by atoms with Gasteiger partial charge in [0, 0.05) is 43.4 Å². The van der Waals surface area contributed by atoms with Gasteiger partial charge in [-0.25, -0.2) is 14.8 Å². The van der Waals surface area contributed by atoms with Crippen LogP contribution in [0.2, 0.25) is 0 Å². The molecule has 0 spiro atoms. The van der Waals surface area contributed by atoms with Gasteiger partial charge in [0.15, 0.2) is 0 Å². The monoisotopic (exact) mass is 315 g/mol. The maximum atomic E-state index is 11.5. The number of aromatic nitrogens is 2. The average Bonchev–Trinajstić information content (AvgIpc) is 3.32. The van der Waals surface area contributed by atoms with Crippen molar-refractivity contribution < 1.29 is 4.79 Å². The first kappa shape index (κ1) is 14.7. The Labute approximate surface area is 137 Å². The molecule has 2 heterocycles. The Kier molecular flexibility index (Phi) is 3.83. The summed E-state index contributed by atoms with van der Waals surface area (Å²) in [5.41, 5.74) is 2.68. The van der Waals surface area contributed by atoms with Gasteiger partial charge in [-0.15, -0.1) is 0 Å². The SMILES string of the molecule is CNC(=O)NC1CCN(c2nc(C3CC3)nc3c2CCC3)CC1. The number of urea groups is 1. The van der Waals surface area contributed by atoms with E-state index in [-0.39, 0.29) is 12.1 Å². The van der Waals surface area contributed by atoms with E-state index in [2.05, 4.69) is 15.5 Å². The molecule has 6 heteroatoms. The number of rotatable bonds is 3. The van der Waals surface area contributed by atoms with Crippen molar-refractivity contribution >= 4 is 11.8 Å². The van der Waals surface area contributed by atoms with Crippen LogP contribution < -0.4 is 15.5 Å². The Hall–Kier alpha value is -1.85. The van der Waals surface area contributed by atoms with Crippen molar-refractivity contribution in [3.63, 3.8) is 0 Å². The van der Waals surface area contributed by atoms with Crippen LogP contribution in [-0.2, 0) is 12.8 Å². The van der Waals surface area contributed by atoms with Crippen LogP contribution in [-0.4, -0.2) is 42.2 Å². The normalized spacial score (nSPS) is 21.2. The predicted molar refractivity (Wildman–Crippen MR) is 88.9 cm³/mol. The number of nitrogens with zero attached hydrogens (tertiary/aromatic N) is 3. The van der Waals surface area contributed by atoms with E-state index in [1.807, 2.05) is 0 Å².